The normalized spacial score (nSPS) is 33.8. The van der Waals surface area contributed by atoms with Gasteiger partial charge in [0.1, 0.15) is 0 Å². The van der Waals surface area contributed by atoms with E-state index < -0.39 is 0 Å². The maximum atomic E-state index is 3.65. The first-order chi connectivity index (χ1) is 8.79. The van der Waals surface area contributed by atoms with Gasteiger partial charge in [0.2, 0.25) is 0 Å². The molecule has 3 rings (SSSR count). The first-order valence-corrected chi connectivity index (χ1v) is 8.26. The van der Waals surface area contributed by atoms with Crippen LogP contribution in [0.4, 0.5) is 0 Å². The maximum absolute atomic E-state index is 3.65. The first-order valence-electron chi connectivity index (χ1n) is 7.32. The van der Waals surface area contributed by atoms with Crippen LogP contribution < -0.4 is 5.32 Å². The van der Waals surface area contributed by atoms with Crippen LogP contribution in [0.3, 0.4) is 0 Å². The monoisotopic (exact) mass is 264 g/mol. The van der Waals surface area contributed by atoms with Gasteiger partial charge in [0.05, 0.1) is 0 Å². The van der Waals surface area contributed by atoms with E-state index in [1.165, 1.54) is 31.2 Å². The molecule has 3 atom stereocenters. The van der Waals surface area contributed by atoms with E-state index in [1.807, 2.05) is 11.3 Å². The highest BCUT2D eigenvalue weighted by Crippen LogP contribution is 2.41. The molecule has 2 nitrogen and oxygen atoms in total. The summed E-state index contributed by atoms with van der Waals surface area (Å²) >= 11 is 1.82. The molecule has 0 saturated carbocycles. The molecule has 0 aromatic carbocycles. The number of hydrogen-bond donors (Lipinski definition) is 1. The lowest BCUT2D eigenvalue weighted by molar-refractivity contribution is 0.0777. The van der Waals surface area contributed by atoms with Crippen molar-refractivity contribution in [1.82, 2.24) is 10.2 Å². The molecule has 2 aliphatic rings. The van der Waals surface area contributed by atoms with Crippen LogP contribution in [0.25, 0.3) is 0 Å². The molecule has 1 aromatic rings. The SMILES string of the molecule is CCNC1CC2CCC(C1)N2C(C)c1ccsc1. The van der Waals surface area contributed by atoms with Gasteiger partial charge in [0.25, 0.3) is 0 Å². The highest BCUT2D eigenvalue weighted by atomic mass is 32.1. The van der Waals surface area contributed by atoms with E-state index in [2.05, 4.69) is 40.9 Å². The van der Waals surface area contributed by atoms with E-state index in [4.69, 9.17) is 0 Å². The van der Waals surface area contributed by atoms with E-state index in [1.54, 1.807) is 0 Å². The summed E-state index contributed by atoms with van der Waals surface area (Å²) in [6.45, 7) is 5.73. The smallest absolute Gasteiger partial charge is 0.0334 e. The van der Waals surface area contributed by atoms with Gasteiger partial charge >= 0.3 is 0 Å². The molecule has 3 heterocycles. The molecule has 2 bridgehead atoms. The van der Waals surface area contributed by atoms with Crippen molar-refractivity contribution in [3.05, 3.63) is 22.4 Å². The van der Waals surface area contributed by atoms with Crippen LogP contribution >= 0.6 is 11.3 Å². The van der Waals surface area contributed by atoms with E-state index in [0.717, 1.165) is 24.7 Å². The van der Waals surface area contributed by atoms with Crippen LogP contribution in [-0.2, 0) is 0 Å². The highest BCUT2D eigenvalue weighted by molar-refractivity contribution is 7.07. The molecular formula is C15H24N2S. The molecule has 18 heavy (non-hydrogen) atoms. The molecule has 3 heteroatoms. The Balaban J connectivity index is 1.72. The summed E-state index contributed by atoms with van der Waals surface area (Å²) in [5.41, 5.74) is 1.51. The zero-order chi connectivity index (χ0) is 12.5. The second-order valence-corrected chi connectivity index (χ2v) is 6.57. The van der Waals surface area contributed by atoms with E-state index in [9.17, 15) is 0 Å². The van der Waals surface area contributed by atoms with Crippen molar-refractivity contribution in [1.29, 1.82) is 0 Å². The molecule has 1 aromatic heterocycles. The third-order valence-electron chi connectivity index (χ3n) is 4.76. The van der Waals surface area contributed by atoms with Crippen molar-refractivity contribution in [2.75, 3.05) is 6.54 Å². The lowest BCUT2D eigenvalue weighted by atomic mass is 9.94. The Labute approximate surface area is 114 Å². The summed E-state index contributed by atoms with van der Waals surface area (Å²) in [4.78, 5) is 2.80. The number of hydrogen-bond acceptors (Lipinski definition) is 3. The van der Waals surface area contributed by atoms with Gasteiger partial charge in [-0.1, -0.05) is 6.92 Å². The van der Waals surface area contributed by atoms with E-state index >= 15 is 0 Å². The third kappa shape index (κ3) is 2.24. The van der Waals surface area contributed by atoms with Crippen molar-refractivity contribution < 1.29 is 0 Å². The molecule has 2 aliphatic heterocycles. The number of piperidine rings is 1. The Kier molecular flexibility index (Phi) is 3.73. The predicted molar refractivity (Wildman–Crippen MR) is 78.1 cm³/mol. The van der Waals surface area contributed by atoms with Gasteiger partial charge in [-0.15, -0.1) is 0 Å². The first kappa shape index (κ1) is 12.6. The van der Waals surface area contributed by atoms with Crippen molar-refractivity contribution in [3.8, 4) is 0 Å². The van der Waals surface area contributed by atoms with Crippen LogP contribution in [0.2, 0.25) is 0 Å². The number of nitrogens with zero attached hydrogens (tertiary/aromatic N) is 1. The number of thiophene rings is 1. The minimum absolute atomic E-state index is 0.608. The van der Waals surface area contributed by atoms with Crippen LogP contribution in [-0.4, -0.2) is 29.6 Å². The summed E-state index contributed by atoms with van der Waals surface area (Å²) in [6, 6.07) is 5.28. The van der Waals surface area contributed by atoms with Gasteiger partial charge in [0.15, 0.2) is 0 Å². The highest BCUT2D eigenvalue weighted by Gasteiger charge is 2.42. The Hall–Kier alpha value is -0.380. The Morgan fingerprint density at radius 2 is 2.11 bits per heavy atom. The molecule has 1 N–H and O–H groups in total. The quantitative estimate of drug-likeness (QED) is 0.896. The summed E-state index contributed by atoms with van der Waals surface area (Å²) in [6.07, 6.45) is 5.50. The van der Waals surface area contributed by atoms with Crippen molar-refractivity contribution in [3.63, 3.8) is 0 Å². The fourth-order valence-electron chi connectivity index (χ4n) is 3.99. The number of rotatable bonds is 4. The molecule has 0 aliphatic carbocycles. The lowest BCUT2D eigenvalue weighted by Gasteiger charge is -2.42. The summed E-state index contributed by atoms with van der Waals surface area (Å²) in [5, 5.41) is 8.18. The Bertz CT molecular complexity index is 362. The summed E-state index contributed by atoms with van der Waals surface area (Å²) in [7, 11) is 0. The zero-order valence-corrected chi connectivity index (χ0v) is 12.2. The third-order valence-corrected chi connectivity index (χ3v) is 5.46. The largest absolute Gasteiger partial charge is 0.314 e. The molecule has 2 saturated heterocycles. The topological polar surface area (TPSA) is 15.3 Å². The molecular weight excluding hydrogens is 240 g/mol. The van der Waals surface area contributed by atoms with Crippen LogP contribution in [0.15, 0.2) is 16.8 Å². The maximum Gasteiger partial charge on any atom is 0.0334 e. The van der Waals surface area contributed by atoms with Gasteiger partial charge in [-0.05, 0) is 61.5 Å². The average molecular weight is 264 g/mol. The second-order valence-electron chi connectivity index (χ2n) is 5.79. The van der Waals surface area contributed by atoms with Gasteiger partial charge in [-0.3, -0.25) is 4.90 Å². The van der Waals surface area contributed by atoms with Crippen LogP contribution in [0.1, 0.15) is 51.1 Å². The predicted octanol–water partition coefficient (Wildman–Crippen LogP) is 3.41. The van der Waals surface area contributed by atoms with Crippen molar-refractivity contribution in [2.45, 2.75) is 63.7 Å². The van der Waals surface area contributed by atoms with Crippen LogP contribution in [0.5, 0.6) is 0 Å². The van der Waals surface area contributed by atoms with Gasteiger partial charge in [-0.2, -0.15) is 11.3 Å². The Morgan fingerprint density at radius 1 is 1.39 bits per heavy atom. The molecule has 0 radical (unpaired) electrons. The molecule has 100 valence electrons. The van der Waals surface area contributed by atoms with E-state index in [-0.39, 0.29) is 0 Å². The van der Waals surface area contributed by atoms with Gasteiger partial charge < -0.3 is 5.32 Å². The number of nitrogens with one attached hydrogen (secondary N) is 1. The number of fused-ring (bicyclic) bond motifs is 2. The molecule has 0 amide bonds. The minimum Gasteiger partial charge on any atom is -0.314 e. The van der Waals surface area contributed by atoms with E-state index in [0.29, 0.717) is 6.04 Å². The fraction of sp³-hybridized carbons (Fsp3) is 0.733. The molecule has 0 spiro atoms. The summed E-state index contributed by atoms with van der Waals surface area (Å²) in [5.74, 6) is 0. The van der Waals surface area contributed by atoms with Crippen molar-refractivity contribution in [2.24, 2.45) is 0 Å². The molecule has 3 unspecified atom stereocenters. The Morgan fingerprint density at radius 3 is 2.67 bits per heavy atom. The molecule has 2 fully saturated rings. The van der Waals surface area contributed by atoms with Gasteiger partial charge in [-0.25, -0.2) is 0 Å². The zero-order valence-electron chi connectivity index (χ0n) is 11.4. The minimum atomic E-state index is 0.608. The second kappa shape index (κ2) is 5.32. The van der Waals surface area contributed by atoms with Gasteiger partial charge in [0, 0.05) is 24.2 Å². The fourth-order valence-corrected chi connectivity index (χ4v) is 4.73. The van der Waals surface area contributed by atoms with Crippen LogP contribution in [0, 0.1) is 0 Å². The van der Waals surface area contributed by atoms with Crippen molar-refractivity contribution >= 4 is 11.3 Å². The lowest BCUT2D eigenvalue weighted by Crippen LogP contribution is -2.49. The average Bonchev–Trinajstić information content (AvgIpc) is 2.97. The standard InChI is InChI=1S/C15H24N2S/c1-3-16-13-8-14-4-5-15(9-13)17(14)11(2)12-6-7-18-10-12/h6-7,10-11,13-16H,3-5,8-9H2,1-2H3. The summed E-state index contributed by atoms with van der Waals surface area (Å²) < 4.78 is 0.